The van der Waals surface area contributed by atoms with Crippen molar-refractivity contribution in [2.24, 2.45) is 5.14 Å². The third-order valence-electron chi connectivity index (χ3n) is 3.49. The minimum atomic E-state index is -4.23. The fourth-order valence-electron chi connectivity index (χ4n) is 2.23. The van der Waals surface area contributed by atoms with E-state index in [1.165, 1.54) is 6.07 Å². The Hall–Kier alpha value is -2.62. The number of ether oxygens (including phenoxy) is 1. The molecule has 2 aromatic carbocycles. The number of nitrogens with one attached hydrogen (secondary N) is 1. The average Bonchev–Trinajstić information content (AvgIpc) is 2.62. The lowest BCUT2D eigenvalue weighted by Crippen LogP contribution is -2.16. The molecule has 0 aromatic heterocycles. The van der Waals surface area contributed by atoms with Crippen LogP contribution in [0.3, 0.4) is 0 Å². The van der Waals surface area contributed by atoms with E-state index in [-0.39, 0.29) is 17.0 Å². The number of carbonyl (C=O) groups is 1. The first kappa shape index (κ1) is 19.7. The van der Waals surface area contributed by atoms with Crippen LogP contribution in [0.25, 0.3) is 0 Å². The normalized spacial score (nSPS) is 11.0. The Balaban J connectivity index is 2.60. The number of primary sulfonamides is 1. The van der Waals surface area contributed by atoms with Gasteiger partial charge in [-0.2, -0.15) is 5.26 Å². The van der Waals surface area contributed by atoms with Gasteiger partial charge in [0.05, 0.1) is 11.3 Å². The topological polar surface area (TPSA) is 128 Å². The highest BCUT2D eigenvalue weighted by Crippen LogP contribution is 2.37. The summed E-state index contributed by atoms with van der Waals surface area (Å²) in [5.41, 5.74) is 0.0603. The second-order valence-corrected chi connectivity index (χ2v) is 7.00. The lowest BCUT2D eigenvalue weighted by Gasteiger charge is -2.17. The molecule has 0 fully saturated rings. The average molecular weight is 380 g/mol. The van der Waals surface area contributed by atoms with Gasteiger partial charge < -0.3 is 10.1 Å². The summed E-state index contributed by atoms with van der Waals surface area (Å²) >= 11 is 0. The smallest absolute Gasteiger partial charge is 0.372 e. The molecule has 0 amide bonds. The van der Waals surface area contributed by atoms with Gasteiger partial charge in [0.2, 0.25) is 10.0 Å². The standard InChI is InChI=1S/C17H20N2O6S/c1-2-3-9-19-14-10-12(17(20)25-21)11-15(26(18,22)23)16(14)24-13-7-5-4-6-8-13/h4-8,10-11,19,21H,2-3,9H2,1H3,(H2,18,22,23). The third-order valence-corrected chi connectivity index (χ3v) is 4.41. The number of benzene rings is 2. The highest BCUT2D eigenvalue weighted by molar-refractivity contribution is 7.89. The van der Waals surface area contributed by atoms with E-state index in [2.05, 4.69) is 10.2 Å². The molecule has 0 saturated heterocycles. The number of sulfonamides is 1. The molecule has 2 aromatic rings. The molecule has 2 rings (SSSR count). The minimum Gasteiger partial charge on any atom is -0.454 e. The van der Waals surface area contributed by atoms with E-state index in [0.717, 1.165) is 18.9 Å². The molecule has 0 unspecified atom stereocenters. The van der Waals surface area contributed by atoms with Crippen LogP contribution in [0.15, 0.2) is 47.4 Å². The lowest BCUT2D eigenvalue weighted by atomic mass is 10.1. The second kappa shape index (κ2) is 8.65. The summed E-state index contributed by atoms with van der Waals surface area (Å²) in [7, 11) is -4.23. The number of rotatable bonds is 8. The van der Waals surface area contributed by atoms with Crippen molar-refractivity contribution in [3.63, 3.8) is 0 Å². The Bertz CT molecular complexity index is 868. The Labute approximate surface area is 151 Å². The molecule has 0 atom stereocenters. The predicted molar refractivity (Wildman–Crippen MR) is 95.8 cm³/mol. The monoisotopic (exact) mass is 380 g/mol. The van der Waals surface area contributed by atoms with Gasteiger partial charge in [-0.25, -0.2) is 18.4 Å². The van der Waals surface area contributed by atoms with Gasteiger partial charge in [-0.1, -0.05) is 31.5 Å². The summed E-state index contributed by atoms with van der Waals surface area (Å²) in [6.07, 6.45) is 1.71. The predicted octanol–water partition coefficient (Wildman–Crippen LogP) is 2.97. The van der Waals surface area contributed by atoms with Gasteiger partial charge in [-0.05, 0) is 30.7 Å². The SMILES string of the molecule is CCCCNc1cc(C(=O)OO)cc(S(N)(=O)=O)c1Oc1ccccc1. The van der Waals surface area contributed by atoms with Gasteiger partial charge in [0.15, 0.2) is 5.75 Å². The molecule has 0 spiro atoms. The van der Waals surface area contributed by atoms with Crippen molar-refractivity contribution in [1.82, 2.24) is 0 Å². The van der Waals surface area contributed by atoms with Crippen molar-refractivity contribution in [2.45, 2.75) is 24.7 Å². The molecule has 0 aliphatic heterocycles. The molecule has 4 N–H and O–H groups in total. The molecule has 140 valence electrons. The largest absolute Gasteiger partial charge is 0.454 e. The van der Waals surface area contributed by atoms with E-state index in [1.807, 2.05) is 6.92 Å². The molecular formula is C17H20N2O6S. The fraction of sp³-hybridized carbons (Fsp3) is 0.235. The maximum atomic E-state index is 12.0. The highest BCUT2D eigenvalue weighted by Gasteiger charge is 2.24. The van der Waals surface area contributed by atoms with E-state index in [1.54, 1.807) is 30.3 Å². The highest BCUT2D eigenvalue weighted by atomic mass is 32.2. The van der Waals surface area contributed by atoms with Gasteiger partial charge in [0, 0.05) is 6.54 Å². The molecule has 0 bridgehead atoms. The molecule has 0 saturated carbocycles. The van der Waals surface area contributed by atoms with Crippen LogP contribution in [0.4, 0.5) is 5.69 Å². The zero-order chi connectivity index (χ0) is 19.2. The maximum absolute atomic E-state index is 12.0. The summed E-state index contributed by atoms with van der Waals surface area (Å²) in [5, 5.41) is 16.9. The van der Waals surface area contributed by atoms with E-state index < -0.39 is 20.9 Å². The van der Waals surface area contributed by atoms with Crippen LogP contribution in [-0.2, 0) is 14.9 Å². The number of nitrogens with two attached hydrogens (primary N) is 1. The number of para-hydroxylation sites is 1. The number of hydrogen-bond acceptors (Lipinski definition) is 7. The number of anilines is 1. The number of unbranched alkanes of at least 4 members (excludes halogenated alkanes) is 1. The zero-order valence-electron chi connectivity index (χ0n) is 14.1. The molecule has 0 aliphatic carbocycles. The molecule has 26 heavy (non-hydrogen) atoms. The first-order valence-electron chi connectivity index (χ1n) is 7.90. The van der Waals surface area contributed by atoms with E-state index >= 15 is 0 Å². The summed E-state index contributed by atoms with van der Waals surface area (Å²) in [5.74, 6) is -0.752. The molecular weight excluding hydrogens is 360 g/mol. The summed E-state index contributed by atoms with van der Waals surface area (Å²) in [6, 6.07) is 10.9. The van der Waals surface area contributed by atoms with Gasteiger partial charge in [0.1, 0.15) is 10.6 Å². The van der Waals surface area contributed by atoms with Crippen LogP contribution in [0.2, 0.25) is 0 Å². The summed E-state index contributed by atoms with van der Waals surface area (Å²) in [6.45, 7) is 2.52. The molecule has 8 nitrogen and oxygen atoms in total. The first-order valence-corrected chi connectivity index (χ1v) is 9.44. The van der Waals surface area contributed by atoms with Crippen molar-refractivity contribution in [3.8, 4) is 11.5 Å². The van der Waals surface area contributed by atoms with Crippen LogP contribution < -0.4 is 15.2 Å². The van der Waals surface area contributed by atoms with Crippen molar-refractivity contribution in [3.05, 3.63) is 48.0 Å². The lowest BCUT2D eigenvalue weighted by molar-refractivity contribution is -0.182. The summed E-state index contributed by atoms with van der Waals surface area (Å²) in [4.78, 5) is 15.0. The fourth-order valence-corrected chi connectivity index (χ4v) is 2.93. The Morgan fingerprint density at radius 3 is 2.50 bits per heavy atom. The van der Waals surface area contributed by atoms with Crippen molar-refractivity contribution >= 4 is 21.7 Å². The van der Waals surface area contributed by atoms with Crippen LogP contribution in [0.5, 0.6) is 11.5 Å². The first-order chi connectivity index (χ1) is 12.4. The number of hydrogen-bond donors (Lipinski definition) is 3. The van der Waals surface area contributed by atoms with Crippen LogP contribution in [-0.4, -0.2) is 26.2 Å². The molecule has 9 heteroatoms. The summed E-state index contributed by atoms with van der Waals surface area (Å²) < 4.78 is 29.8. The van der Waals surface area contributed by atoms with Gasteiger partial charge in [0.25, 0.3) is 0 Å². The van der Waals surface area contributed by atoms with E-state index in [0.29, 0.717) is 12.3 Å². The van der Waals surface area contributed by atoms with E-state index in [9.17, 15) is 13.2 Å². The second-order valence-electron chi connectivity index (χ2n) is 5.47. The molecule has 0 heterocycles. The third kappa shape index (κ3) is 4.94. The van der Waals surface area contributed by atoms with Gasteiger partial charge in [-0.15, -0.1) is 0 Å². The minimum absolute atomic E-state index is 0.0377. The molecule has 0 radical (unpaired) electrons. The van der Waals surface area contributed by atoms with Crippen molar-refractivity contribution < 1.29 is 28.1 Å². The Morgan fingerprint density at radius 1 is 1.23 bits per heavy atom. The quantitative estimate of drug-likeness (QED) is 0.365. The van der Waals surface area contributed by atoms with Crippen molar-refractivity contribution in [1.29, 1.82) is 0 Å². The van der Waals surface area contributed by atoms with Gasteiger partial charge in [-0.3, -0.25) is 4.89 Å². The van der Waals surface area contributed by atoms with E-state index in [4.69, 9.17) is 15.1 Å². The van der Waals surface area contributed by atoms with Crippen molar-refractivity contribution in [2.75, 3.05) is 11.9 Å². The Morgan fingerprint density at radius 2 is 1.92 bits per heavy atom. The maximum Gasteiger partial charge on any atom is 0.372 e. The number of carbonyl (C=O) groups excluding carboxylic acids is 1. The van der Waals surface area contributed by atoms with Crippen LogP contribution >= 0.6 is 0 Å². The van der Waals surface area contributed by atoms with Gasteiger partial charge >= 0.3 is 5.97 Å². The molecule has 0 aliphatic rings. The Kier molecular flexibility index (Phi) is 6.56. The zero-order valence-corrected chi connectivity index (χ0v) is 15.0. The van der Waals surface area contributed by atoms with Crippen LogP contribution in [0.1, 0.15) is 30.1 Å². The van der Waals surface area contributed by atoms with Crippen LogP contribution in [0, 0.1) is 0 Å².